The number of para-hydroxylation sites is 3. The second-order valence-electron chi connectivity index (χ2n) is 19.9. The number of rotatable bonds is 7. The van der Waals surface area contributed by atoms with Crippen molar-refractivity contribution in [1.29, 1.82) is 0 Å². The van der Waals surface area contributed by atoms with Crippen LogP contribution >= 0.6 is 0 Å². The van der Waals surface area contributed by atoms with Gasteiger partial charge in [-0.3, -0.25) is 0 Å². The Hall–Kier alpha value is -6.84. The van der Waals surface area contributed by atoms with Gasteiger partial charge >= 0.3 is 0 Å². The zero-order chi connectivity index (χ0) is 42.9. The maximum absolute atomic E-state index is 2.58. The summed E-state index contributed by atoms with van der Waals surface area (Å²) in [6.45, 7) is 9.78. The van der Waals surface area contributed by atoms with E-state index in [1.165, 1.54) is 95.9 Å². The molecule has 0 saturated heterocycles. The molecule has 3 nitrogen and oxygen atoms in total. The lowest BCUT2D eigenvalue weighted by Gasteiger charge is -2.44. The number of benzene rings is 6. The van der Waals surface area contributed by atoms with Crippen molar-refractivity contribution in [2.75, 3.05) is 9.80 Å². The van der Waals surface area contributed by atoms with Gasteiger partial charge in [0.1, 0.15) is 0 Å². The first-order chi connectivity index (χ1) is 31.3. The van der Waals surface area contributed by atoms with E-state index < -0.39 is 0 Å². The third-order valence-electron chi connectivity index (χ3n) is 16.0. The maximum atomic E-state index is 2.58. The van der Waals surface area contributed by atoms with Crippen LogP contribution in [0.3, 0.4) is 0 Å². The highest BCUT2D eigenvalue weighted by Gasteiger charge is 2.51. The molecule has 7 aromatic rings. The van der Waals surface area contributed by atoms with E-state index in [0.29, 0.717) is 11.8 Å². The number of nitrogens with zero attached hydrogens (tertiary/aromatic N) is 3. The molecule has 0 amide bonds. The Bertz CT molecular complexity index is 3290. The standard InChI is InChI=1S/C61H53N3/c1-39-36-42(62(40-18-7-5-8-19-40)55-35-33-47-45-23-12-15-26-51(45)61(4)38-49(55)59(47)61)31-34-53(39)64-54-27-16-13-24-48(54)58-56(28-17-29-57(58)64)63(41-20-9-6-10-21-41)43-30-32-46-44-22-11-14-25-50(44)60(2,3)52(46)37-43/h5-14,16-25,27-35,37,39,46,52H,15,26,36,38H2,1-4H3. The van der Waals surface area contributed by atoms with Crippen LogP contribution in [0.15, 0.2) is 199 Å². The molecule has 3 heteroatoms. The monoisotopic (exact) mass is 827 g/mol. The number of aromatic nitrogens is 1. The van der Waals surface area contributed by atoms with Crippen molar-refractivity contribution in [2.24, 2.45) is 11.8 Å². The summed E-state index contributed by atoms with van der Waals surface area (Å²) in [6, 6.07) is 52.0. The SMILES string of the molecule is CC1CC(N(c2ccccc2)c2ccc3c4c2CC4(C)C2=C3C=CCC2)=CC=C1n1c2ccccc2c2c(N(C3=CC4C(C=C3)c3ccccc3C4(C)C)c3ccccc3)cccc21. The molecule has 6 aliphatic rings. The van der Waals surface area contributed by atoms with Crippen LogP contribution in [-0.4, -0.2) is 4.57 Å². The third-order valence-corrected chi connectivity index (χ3v) is 16.0. The maximum Gasteiger partial charge on any atom is 0.0561 e. The first kappa shape index (κ1) is 37.7. The molecule has 4 atom stereocenters. The Morgan fingerprint density at radius 3 is 2.22 bits per heavy atom. The summed E-state index contributed by atoms with van der Waals surface area (Å²) in [4.78, 5) is 5.10. The Labute approximate surface area is 377 Å². The number of hydrogen-bond acceptors (Lipinski definition) is 2. The minimum absolute atomic E-state index is 0.0155. The average molecular weight is 828 g/mol. The fraction of sp³-hybridized carbons (Fsp3) is 0.213. The lowest BCUT2D eigenvalue weighted by atomic mass is 9.62. The molecule has 0 radical (unpaired) electrons. The van der Waals surface area contributed by atoms with Gasteiger partial charge in [0.2, 0.25) is 0 Å². The fourth-order valence-electron chi connectivity index (χ4n) is 13.1. The average Bonchev–Trinajstić information content (AvgIpc) is 3.86. The van der Waals surface area contributed by atoms with Gasteiger partial charge in [0.25, 0.3) is 0 Å². The van der Waals surface area contributed by atoms with Gasteiger partial charge in [-0.15, -0.1) is 0 Å². The van der Waals surface area contributed by atoms with Crippen molar-refractivity contribution in [3.05, 3.63) is 227 Å². The van der Waals surface area contributed by atoms with Gasteiger partial charge in [-0.1, -0.05) is 149 Å². The smallest absolute Gasteiger partial charge is 0.0561 e. The molecule has 312 valence electrons. The van der Waals surface area contributed by atoms with E-state index in [2.05, 4.69) is 224 Å². The molecule has 1 aromatic heterocycles. The van der Waals surface area contributed by atoms with Crippen molar-refractivity contribution in [2.45, 2.75) is 70.1 Å². The minimum Gasteiger partial charge on any atom is -0.314 e. The molecule has 0 aliphatic heterocycles. The number of anilines is 4. The molecule has 0 spiro atoms. The molecule has 13 rings (SSSR count). The topological polar surface area (TPSA) is 11.4 Å². The summed E-state index contributed by atoms with van der Waals surface area (Å²) >= 11 is 0. The second-order valence-corrected chi connectivity index (χ2v) is 19.9. The van der Waals surface area contributed by atoms with E-state index in [-0.39, 0.29) is 16.7 Å². The molecular formula is C61H53N3. The lowest BCUT2D eigenvalue weighted by Crippen LogP contribution is -2.37. The van der Waals surface area contributed by atoms with Gasteiger partial charge in [-0.05, 0) is 137 Å². The van der Waals surface area contributed by atoms with Gasteiger partial charge < -0.3 is 14.4 Å². The van der Waals surface area contributed by atoms with Crippen LogP contribution in [0, 0.1) is 11.8 Å². The van der Waals surface area contributed by atoms with Crippen LogP contribution in [0.25, 0.3) is 33.1 Å². The Balaban J connectivity index is 0.946. The van der Waals surface area contributed by atoms with Crippen molar-refractivity contribution in [3.63, 3.8) is 0 Å². The van der Waals surface area contributed by atoms with Crippen molar-refractivity contribution >= 4 is 55.8 Å². The van der Waals surface area contributed by atoms with Crippen LogP contribution < -0.4 is 9.80 Å². The van der Waals surface area contributed by atoms with Gasteiger partial charge in [-0.25, -0.2) is 0 Å². The summed E-state index contributed by atoms with van der Waals surface area (Å²) in [7, 11) is 0. The predicted octanol–water partition coefficient (Wildman–Crippen LogP) is 15.6. The summed E-state index contributed by atoms with van der Waals surface area (Å²) in [6.07, 6.45) is 21.4. The first-order valence-electron chi connectivity index (χ1n) is 23.5. The van der Waals surface area contributed by atoms with Gasteiger partial charge in [-0.2, -0.15) is 0 Å². The molecule has 6 aromatic carbocycles. The Morgan fingerprint density at radius 2 is 1.41 bits per heavy atom. The largest absolute Gasteiger partial charge is 0.314 e. The summed E-state index contributed by atoms with van der Waals surface area (Å²) < 4.78 is 2.57. The highest BCUT2D eigenvalue weighted by Crippen LogP contribution is 2.62. The van der Waals surface area contributed by atoms with E-state index >= 15 is 0 Å². The lowest BCUT2D eigenvalue weighted by molar-refractivity contribution is 0.392. The summed E-state index contributed by atoms with van der Waals surface area (Å²) in [5.41, 5.74) is 22.1. The molecule has 0 N–H and O–H groups in total. The Morgan fingerprint density at radius 1 is 0.672 bits per heavy atom. The van der Waals surface area contributed by atoms with Crippen LogP contribution in [0.4, 0.5) is 22.7 Å². The molecule has 64 heavy (non-hydrogen) atoms. The van der Waals surface area contributed by atoms with Crippen LogP contribution in [0.5, 0.6) is 0 Å². The van der Waals surface area contributed by atoms with Gasteiger partial charge in [0.05, 0.1) is 16.7 Å². The quantitative estimate of drug-likeness (QED) is 0.159. The van der Waals surface area contributed by atoms with Crippen molar-refractivity contribution in [1.82, 2.24) is 4.57 Å². The molecule has 1 heterocycles. The first-order valence-corrected chi connectivity index (χ1v) is 23.5. The Kier molecular flexibility index (Phi) is 8.14. The summed E-state index contributed by atoms with van der Waals surface area (Å²) in [5.74, 6) is 0.987. The highest BCUT2D eigenvalue weighted by molar-refractivity contribution is 6.17. The van der Waals surface area contributed by atoms with Crippen LogP contribution in [-0.2, 0) is 17.3 Å². The molecule has 0 saturated carbocycles. The third kappa shape index (κ3) is 5.21. The fourth-order valence-corrected chi connectivity index (χ4v) is 13.1. The van der Waals surface area contributed by atoms with E-state index in [9.17, 15) is 0 Å². The van der Waals surface area contributed by atoms with Crippen molar-refractivity contribution < 1.29 is 0 Å². The van der Waals surface area contributed by atoms with Crippen LogP contribution in [0.2, 0.25) is 0 Å². The van der Waals surface area contributed by atoms with E-state index in [1.807, 2.05) is 0 Å². The summed E-state index contributed by atoms with van der Waals surface area (Å²) in [5, 5.41) is 2.55. The van der Waals surface area contributed by atoms with Gasteiger partial charge in [0, 0.05) is 62.2 Å². The zero-order valence-corrected chi connectivity index (χ0v) is 37.2. The molecule has 4 unspecified atom stereocenters. The highest BCUT2D eigenvalue weighted by atomic mass is 15.2. The molecule has 6 aliphatic carbocycles. The zero-order valence-electron chi connectivity index (χ0n) is 37.2. The predicted molar refractivity (Wildman–Crippen MR) is 268 cm³/mol. The van der Waals surface area contributed by atoms with Crippen LogP contribution in [0.1, 0.15) is 80.7 Å². The normalized spacial score (nSPS) is 23.2. The molecule has 0 bridgehead atoms. The molecule has 0 fully saturated rings. The number of allylic oxidation sites excluding steroid dienone is 11. The number of hydrogen-bond donors (Lipinski definition) is 0. The van der Waals surface area contributed by atoms with Crippen molar-refractivity contribution in [3.8, 4) is 0 Å². The van der Waals surface area contributed by atoms with E-state index in [0.717, 1.165) is 19.3 Å². The second kappa shape index (κ2) is 13.8. The number of fused-ring (bicyclic) bond motifs is 8. The van der Waals surface area contributed by atoms with Gasteiger partial charge in [0.15, 0.2) is 0 Å². The minimum atomic E-state index is 0.0155. The van der Waals surface area contributed by atoms with E-state index in [1.54, 1.807) is 11.1 Å². The molecular weight excluding hydrogens is 775 g/mol. The van der Waals surface area contributed by atoms with E-state index in [4.69, 9.17) is 0 Å².